The van der Waals surface area contributed by atoms with E-state index in [9.17, 15) is 23.7 Å². The van der Waals surface area contributed by atoms with Crippen molar-refractivity contribution >= 4 is 205 Å². The van der Waals surface area contributed by atoms with E-state index in [-0.39, 0.29) is 24.3 Å². The molecular weight excluding hydrogens is 1830 g/mol. The molecule has 2 aliphatic heterocycles. The number of amides is 2. The van der Waals surface area contributed by atoms with Gasteiger partial charge in [-0.25, -0.2) is 45.1 Å². The number of nitrogens with zero attached hydrogens (tertiary/aromatic N) is 16. The number of carbonyl (C=O) groups excluding carboxylic acids is 3. The van der Waals surface area contributed by atoms with E-state index >= 15 is 0 Å². The normalized spacial score (nSPS) is 12.2. The number of H-pyrrole nitrogens is 1. The van der Waals surface area contributed by atoms with Crippen LogP contribution in [0.3, 0.4) is 0 Å². The smallest absolute Gasteiger partial charge is 0.411 e. The van der Waals surface area contributed by atoms with Crippen LogP contribution in [0.5, 0.6) is 0 Å². The van der Waals surface area contributed by atoms with Crippen molar-refractivity contribution in [2.75, 3.05) is 96.6 Å². The molecule has 2 fully saturated rings. The maximum Gasteiger partial charge on any atom is 0.411 e. The summed E-state index contributed by atoms with van der Waals surface area (Å²) in [6.45, 7) is 8.60. The molecule has 0 radical (unpaired) electrons. The Hall–Kier alpha value is -11.0. The van der Waals surface area contributed by atoms with Crippen molar-refractivity contribution in [3.05, 3.63) is 304 Å². The Morgan fingerprint density at radius 1 is 0.512 bits per heavy atom. The molecule has 6 aromatic heterocycles. The molecule has 8 N–H and O–H groups in total. The fourth-order valence-electron chi connectivity index (χ4n) is 11.7. The van der Waals surface area contributed by atoms with Gasteiger partial charge in [0.1, 0.15) is 12.1 Å². The van der Waals surface area contributed by atoms with E-state index in [2.05, 4.69) is 142 Å². The van der Waals surface area contributed by atoms with Crippen LogP contribution in [0, 0.1) is 22.7 Å². The van der Waals surface area contributed by atoms with Gasteiger partial charge in [0.2, 0.25) is 17.1 Å². The minimum Gasteiger partial charge on any atom is -0.457 e. The van der Waals surface area contributed by atoms with Gasteiger partial charge in [-0.05, 0) is 173 Å². The molecule has 29 nitrogen and oxygen atoms in total. The van der Waals surface area contributed by atoms with Gasteiger partial charge in [0.25, 0.3) is 0 Å². The number of benzene rings is 9. The van der Waals surface area contributed by atoms with Crippen LogP contribution in [-0.4, -0.2) is 167 Å². The molecule has 15 aromatic rings. The molecule has 0 atom stereocenters. The van der Waals surface area contributed by atoms with Gasteiger partial charge >= 0.3 is 22.4 Å². The molecule has 40 heteroatoms. The number of halogens is 10. The molecule has 0 bridgehead atoms. The predicted molar refractivity (Wildman–Crippen MR) is 501 cm³/mol. The number of nitrogens with one attached hydrogen (secondary N) is 4. The molecule has 8 heterocycles. The standard InChI is InChI=1S/C21H21ClN6.C16H10Cl2N4.C16H11ClN4O.C9H7ClN2O2.C8H10N2O.C7H5ClN2.C5H12N2.C2H3ClO2.CH4.Cl3OP/c1-26-9-11-27(12-10-26)21-23-18-8-7-16(22)14-17(18)20-24-19(25-28(20)21)13-15-5-3-2-4-6-15;17-11-6-7-13-12(9-11)15-20-14(21-22(15)16(18)19-13)8-10-4-2-1-3-5-10;17-11-6-7-13-12(9-11)15-19-14(20-21(15)16(22)18-13)8-10-4-2-1-3-5-10;1-14-9(13)12-8-3-2-7(10)4-6(8)5-11;9-10-8(11)6-7-4-2-1-3-5-7;8-6-1-2-7(10)5(3-6)4-9;1-7-4-2-6-3-5-7;1-5-2(3)4;;1-5(2,3)4/h2-8,14H,9-13H2,1H3;1-7,9H,8H2;1-7,9H,8H2,(H,18,22);2-4H,1H3,(H,12,13);1-5H,6,9H2,(H,10,11);1-3H,10H2;6H,2-5H2,1H3;1H3;1H4;. The van der Waals surface area contributed by atoms with Crippen LogP contribution < -0.4 is 38.2 Å². The number of nitrogens with two attached hydrogens (primary N) is 2. The third-order valence-electron chi connectivity index (χ3n) is 17.7. The summed E-state index contributed by atoms with van der Waals surface area (Å²) < 4.78 is 22.5. The number of aromatic amines is 1. The van der Waals surface area contributed by atoms with Gasteiger partial charge in [0.05, 0.1) is 54.0 Å². The number of aromatic nitrogens is 12. The van der Waals surface area contributed by atoms with Crippen molar-refractivity contribution in [3.8, 4) is 12.1 Å². The summed E-state index contributed by atoms with van der Waals surface area (Å²) in [5, 5.41) is 38.9. The van der Waals surface area contributed by atoms with Crippen LogP contribution in [-0.2, 0) is 44.5 Å². The van der Waals surface area contributed by atoms with Gasteiger partial charge in [-0.3, -0.25) is 20.1 Å². The Labute approximate surface area is 768 Å². The van der Waals surface area contributed by atoms with E-state index in [0.717, 1.165) is 101 Å². The second-order valence-electron chi connectivity index (χ2n) is 26.7. The second kappa shape index (κ2) is 49.6. The molecular formula is C85H83Cl10N22O7P. The number of piperazine rings is 2. The van der Waals surface area contributed by atoms with Crippen LogP contribution in [0.25, 0.3) is 49.7 Å². The van der Waals surface area contributed by atoms with Gasteiger partial charge in [-0.15, -0.1) is 15.3 Å². The average molecular weight is 1910 g/mol. The summed E-state index contributed by atoms with van der Waals surface area (Å²) >= 11 is 54.3. The Morgan fingerprint density at radius 3 is 1.36 bits per heavy atom. The quantitative estimate of drug-likeness (QED) is 0.0141. The lowest BCUT2D eigenvalue weighted by atomic mass is 10.1. The van der Waals surface area contributed by atoms with Crippen LogP contribution in [0.1, 0.15) is 58.3 Å². The van der Waals surface area contributed by atoms with Crippen LogP contribution in [0.4, 0.5) is 26.9 Å². The number of hydrogen-bond acceptors (Lipinski definition) is 23. The summed E-state index contributed by atoms with van der Waals surface area (Å²) in [4.78, 5) is 76.0. The van der Waals surface area contributed by atoms with Gasteiger partial charge in [-0.1, -0.05) is 187 Å². The maximum atomic E-state index is 12.1. The number of hydrazine groups is 1. The maximum absolute atomic E-state index is 12.1. The van der Waals surface area contributed by atoms with Crippen LogP contribution in [0.15, 0.2) is 217 Å². The lowest BCUT2D eigenvalue weighted by Crippen LogP contribution is -2.45. The Kier molecular flexibility index (Phi) is 39.4. The van der Waals surface area contributed by atoms with Crippen molar-refractivity contribution in [1.82, 2.24) is 79.3 Å². The zero-order chi connectivity index (χ0) is 89.4. The highest BCUT2D eigenvalue weighted by Gasteiger charge is 2.23. The number of hydrogen-bond donors (Lipinski definition) is 6. The lowest BCUT2D eigenvalue weighted by Gasteiger charge is -2.33. The van der Waals surface area contributed by atoms with Gasteiger partial charge < -0.3 is 40.2 Å². The number of carbonyl (C=O) groups is 3. The molecule has 0 unspecified atom stereocenters. The SMILES string of the molecule is C.CN1CCN(c2nc3ccc(Cl)cc3c3nc(Cc4ccccc4)nn23)CC1.CN1CCNCC1.COC(=O)Cl.COC(=O)Nc1ccc(Cl)cc1C#N.Clc1ccc2nc(Cl)n3nc(Cc4ccccc4)nc3c2c1.N#Cc1cc(Cl)ccc1N.NNC(=O)Cc1ccccc1.O=P(Cl)(Cl)Cl.O=c1[nH]c2ccc(Cl)cc2c2nc(Cc3ccccc3)nn12. The Balaban J connectivity index is 0.000000183. The zero-order valence-corrected chi connectivity index (χ0v) is 75.0. The minimum atomic E-state index is -3.22. The summed E-state index contributed by atoms with van der Waals surface area (Å²) in [5.74, 6) is 7.69. The summed E-state index contributed by atoms with van der Waals surface area (Å²) in [5.41, 5.74) is 16.7. The summed E-state index contributed by atoms with van der Waals surface area (Å²) in [6, 6.07) is 69.4. The summed E-state index contributed by atoms with van der Waals surface area (Å²) in [7, 11) is 6.77. The monoisotopic (exact) mass is 1900 g/mol. The average Bonchev–Trinajstić information content (AvgIpc) is 1.65. The van der Waals surface area contributed by atoms with Crippen molar-refractivity contribution < 1.29 is 28.4 Å². The fourth-order valence-corrected chi connectivity index (χ4v) is 12.8. The molecule has 2 amide bonds. The van der Waals surface area contributed by atoms with E-state index in [0.29, 0.717) is 102 Å². The predicted octanol–water partition coefficient (Wildman–Crippen LogP) is 18.6. The number of methoxy groups -OCH3 is 2. The van der Waals surface area contributed by atoms with Gasteiger partial charge in [0.15, 0.2) is 34.4 Å². The lowest BCUT2D eigenvalue weighted by molar-refractivity contribution is -0.120. The molecule has 9 aromatic carbocycles. The largest absolute Gasteiger partial charge is 0.457 e. The summed E-state index contributed by atoms with van der Waals surface area (Å²) in [6.07, 6.45) is 1.62. The van der Waals surface area contributed by atoms with Crippen molar-refractivity contribution in [3.63, 3.8) is 0 Å². The fraction of sp³-hybridized carbons (Fsp3) is 0.200. The zero-order valence-electron chi connectivity index (χ0n) is 66.6. The minimum absolute atomic E-state index is 0. The van der Waals surface area contributed by atoms with E-state index in [1.807, 2.05) is 156 Å². The topological polar surface area (TPSA) is 381 Å². The number of ether oxygens (including phenoxy) is 2. The van der Waals surface area contributed by atoms with Crippen molar-refractivity contribution in [1.29, 1.82) is 10.5 Å². The van der Waals surface area contributed by atoms with E-state index in [1.54, 1.807) is 47.0 Å². The van der Waals surface area contributed by atoms with Gasteiger partial charge in [0, 0.05) is 130 Å². The van der Waals surface area contributed by atoms with Crippen molar-refractivity contribution in [2.24, 2.45) is 5.84 Å². The molecule has 2 aliphatic rings. The van der Waals surface area contributed by atoms with E-state index in [4.69, 9.17) is 107 Å². The highest BCUT2D eigenvalue weighted by Crippen LogP contribution is 2.61. The number of nitrogen functional groups attached to an aromatic ring is 1. The number of anilines is 3. The molecule has 125 heavy (non-hydrogen) atoms. The number of likely N-dealkylation sites (N-methyl/N-ethyl adjacent to an activating group) is 2. The second-order valence-corrected chi connectivity index (χ2v) is 36.2. The first-order valence-corrected chi connectivity index (χ1v) is 44.4. The number of nitriles is 2. The number of fused-ring (bicyclic) bond motifs is 9. The Bertz CT molecular complexity index is 6310. The molecule has 650 valence electrons. The van der Waals surface area contributed by atoms with Crippen LogP contribution in [0.2, 0.25) is 30.4 Å². The first-order valence-electron chi connectivity index (χ1n) is 37.3. The van der Waals surface area contributed by atoms with Crippen LogP contribution >= 0.6 is 120 Å². The van der Waals surface area contributed by atoms with E-state index in [1.165, 1.54) is 55.6 Å². The highest BCUT2D eigenvalue weighted by atomic mass is 36.0. The third-order valence-corrected chi connectivity index (χ3v) is 19.3. The first-order chi connectivity index (χ1) is 59.5. The first kappa shape index (κ1) is 99.4. The van der Waals surface area contributed by atoms with E-state index < -0.39 is 16.7 Å². The molecule has 17 rings (SSSR count). The molecule has 0 spiro atoms. The highest BCUT2D eigenvalue weighted by molar-refractivity contribution is 8.24. The molecule has 0 saturated carbocycles. The Morgan fingerprint density at radius 2 is 0.912 bits per heavy atom. The molecule has 0 aliphatic carbocycles. The van der Waals surface area contributed by atoms with Gasteiger partial charge in [-0.2, -0.15) is 24.1 Å². The van der Waals surface area contributed by atoms with Crippen molar-refractivity contribution in [2.45, 2.75) is 33.1 Å². The molecule has 2 saturated heterocycles. The number of rotatable bonds is 10. The third kappa shape index (κ3) is 31.6.